The van der Waals surface area contributed by atoms with E-state index in [1.165, 1.54) is 6.07 Å². The van der Waals surface area contributed by atoms with E-state index in [0.717, 1.165) is 0 Å². The number of halogens is 2. The van der Waals surface area contributed by atoms with Crippen molar-refractivity contribution in [3.8, 4) is 17.5 Å². The largest absolute Gasteiger partial charge is 0.352 e. The third-order valence-corrected chi connectivity index (χ3v) is 3.19. The van der Waals surface area contributed by atoms with Crippen molar-refractivity contribution in [2.24, 2.45) is 0 Å². The molecule has 1 N–H and O–H groups in total. The lowest BCUT2D eigenvalue weighted by Gasteiger charge is -2.00. The predicted octanol–water partition coefficient (Wildman–Crippen LogP) is 3.32. The maximum Gasteiger partial charge on any atom is 0.259 e. The average Bonchev–Trinajstić information content (AvgIpc) is 3.12. The number of benzene rings is 1. The highest BCUT2D eigenvalue weighted by Gasteiger charge is 2.13. The number of aromatic amines is 1. The summed E-state index contributed by atoms with van der Waals surface area (Å²) in [7, 11) is 0. The fraction of sp³-hybridized carbons (Fsp3) is 0.0714. The second kappa shape index (κ2) is 5.38. The summed E-state index contributed by atoms with van der Waals surface area (Å²) in [5, 5.41) is 12.6. The van der Waals surface area contributed by atoms with Gasteiger partial charge in [-0.15, -0.1) is 0 Å². The van der Waals surface area contributed by atoms with Crippen LogP contribution in [0.4, 0.5) is 4.39 Å². The number of nitrogens with one attached hydrogen (secondary N) is 1. The van der Waals surface area contributed by atoms with Gasteiger partial charge in [-0.05, 0) is 17.7 Å². The van der Waals surface area contributed by atoms with Crippen LogP contribution in [0.5, 0.6) is 0 Å². The van der Waals surface area contributed by atoms with Crippen LogP contribution in [-0.2, 0) is 6.42 Å². The molecular weight excluding hydrogens is 295 g/mol. The van der Waals surface area contributed by atoms with E-state index in [9.17, 15) is 4.39 Å². The van der Waals surface area contributed by atoms with Crippen LogP contribution in [-0.4, -0.2) is 15.1 Å². The molecular formula is C14H8ClFN4O. The van der Waals surface area contributed by atoms with Gasteiger partial charge < -0.3 is 9.51 Å². The van der Waals surface area contributed by atoms with Gasteiger partial charge in [0.25, 0.3) is 5.89 Å². The highest BCUT2D eigenvalue weighted by Crippen LogP contribution is 2.22. The minimum Gasteiger partial charge on any atom is -0.352 e. The fourth-order valence-corrected chi connectivity index (χ4v) is 2.07. The Hall–Kier alpha value is -2.65. The van der Waals surface area contributed by atoms with E-state index >= 15 is 0 Å². The normalized spacial score (nSPS) is 10.5. The molecule has 104 valence electrons. The third kappa shape index (κ3) is 2.64. The second-order valence-electron chi connectivity index (χ2n) is 4.32. The number of aromatic nitrogens is 3. The van der Waals surface area contributed by atoms with E-state index in [4.69, 9.17) is 21.4 Å². The first-order chi connectivity index (χ1) is 10.2. The quantitative estimate of drug-likeness (QED) is 0.805. The van der Waals surface area contributed by atoms with Crippen molar-refractivity contribution in [2.45, 2.75) is 6.42 Å². The maximum absolute atomic E-state index is 13.8. The molecule has 0 amide bonds. The van der Waals surface area contributed by atoms with Crippen molar-refractivity contribution in [3.05, 3.63) is 58.4 Å². The van der Waals surface area contributed by atoms with Gasteiger partial charge in [0, 0.05) is 12.6 Å². The van der Waals surface area contributed by atoms with E-state index in [0.29, 0.717) is 22.6 Å². The van der Waals surface area contributed by atoms with Crippen molar-refractivity contribution in [3.63, 3.8) is 0 Å². The molecule has 3 aromatic rings. The second-order valence-corrected chi connectivity index (χ2v) is 4.73. The summed E-state index contributed by atoms with van der Waals surface area (Å²) in [6.45, 7) is 0. The van der Waals surface area contributed by atoms with Gasteiger partial charge >= 0.3 is 0 Å². The Kier molecular flexibility index (Phi) is 3.42. The van der Waals surface area contributed by atoms with Gasteiger partial charge in [-0.2, -0.15) is 10.2 Å². The molecule has 0 spiro atoms. The topological polar surface area (TPSA) is 78.5 Å². The summed E-state index contributed by atoms with van der Waals surface area (Å²) in [4.78, 5) is 6.94. The highest BCUT2D eigenvalue weighted by molar-refractivity contribution is 6.30. The van der Waals surface area contributed by atoms with Crippen LogP contribution >= 0.6 is 11.6 Å². The van der Waals surface area contributed by atoms with Crippen molar-refractivity contribution < 1.29 is 8.91 Å². The first-order valence-corrected chi connectivity index (χ1v) is 6.39. The van der Waals surface area contributed by atoms with Gasteiger partial charge in [-0.3, -0.25) is 0 Å². The Balaban J connectivity index is 1.85. The minimum absolute atomic E-state index is 0.0560. The molecule has 1 aromatic carbocycles. The van der Waals surface area contributed by atoms with Gasteiger partial charge in [-0.25, -0.2) is 4.39 Å². The number of nitriles is 1. The summed E-state index contributed by atoms with van der Waals surface area (Å²) in [6.07, 6.45) is 1.77. The first-order valence-electron chi connectivity index (χ1n) is 6.01. The zero-order chi connectivity index (χ0) is 14.8. The van der Waals surface area contributed by atoms with Crippen LogP contribution in [0.3, 0.4) is 0 Å². The Morgan fingerprint density at radius 1 is 1.43 bits per heavy atom. The van der Waals surface area contributed by atoms with Gasteiger partial charge in [0.1, 0.15) is 17.6 Å². The molecule has 0 fully saturated rings. The summed E-state index contributed by atoms with van der Waals surface area (Å²) >= 11 is 5.73. The molecule has 2 aromatic heterocycles. The van der Waals surface area contributed by atoms with Crippen LogP contribution in [0.15, 0.2) is 35.0 Å². The van der Waals surface area contributed by atoms with Crippen LogP contribution in [0.2, 0.25) is 5.02 Å². The van der Waals surface area contributed by atoms with Crippen molar-refractivity contribution in [1.82, 2.24) is 15.1 Å². The molecule has 0 aliphatic heterocycles. The number of hydrogen-bond donors (Lipinski definition) is 1. The van der Waals surface area contributed by atoms with Gasteiger partial charge in [0.2, 0.25) is 0 Å². The Morgan fingerprint density at radius 3 is 3.05 bits per heavy atom. The lowest BCUT2D eigenvalue weighted by Crippen LogP contribution is -1.95. The molecule has 21 heavy (non-hydrogen) atoms. The fourth-order valence-electron chi connectivity index (χ4n) is 1.88. The van der Waals surface area contributed by atoms with Gasteiger partial charge in [0.05, 0.1) is 10.6 Å². The molecule has 0 aliphatic rings. The van der Waals surface area contributed by atoms with E-state index in [1.54, 1.807) is 24.4 Å². The molecule has 0 aliphatic carbocycles. The molecule has 5 nitrogen and oxygen atoms in total. The molecule has 0 saturated carbocycles. The predicted molar refractivity (Wildman–Crippen MR) is 73.0 cm³/mol. The Labute approximate surface area is 124 Å². The smallest absolute Gasteiger partial charge is 0.259 e. The molecule has 0 saturated heterocycles. The lowest BCUT2D eigenvalue weighted by atomic mass is 10.1. The molecule has 7 heteroatoms. The van der Waals surface area contributed by atoms with Crippen LogP contribution < -0.4 is 0 Å². The van der Waals surface area contributed by atoms with E-state index < -0.39 is 5.82 Å². The highest BCUT2D eigenvalue weighted by atomic mass is 35.5. The summed E-state index contributed by atoms with van der Waals surface area (Å²) in [5.74, 6) is 0.120. The van der Waals surface area contributed by atoms with E-state index in [1.807, 2.05) is 6.07 Å². The average molecular weight is 303 g/mol. The Bertz CT molecular complexity index is 834. The molecule has 0 radical (unpaired) electrons. The van der Waals surface area contributed by atoms with Crippen LogP contribution in [0.25, 0.3) is 11.5 Å². The van der Waals surface area contributed by atoms with Crippen LogP contribution in [0, 0.1) is 17.1 Å². The van der Waals surface area contributed by atoms with E-state index in [2.05, 4.69) is 15.1 Å². The summed E-state index contributed by atoms with van der Waals surface area (Å²) in [5.41, 5.74) is 1.39. The standard InChI is InChI=1S/C14H8ClFN4O/c15-11-3-1-2-8(13(11)16)5-12-19-14(21-20-12)9-4-10(6-17)18-7-9/h1-4,7,18H,5H2. The number of nitrogens with zero attached hydrogens (tertiary/aromatic N) is 3. The Morgan fingerprint density at radius 2 is 2.29 bits per heavy atom. The first kappa shape index (κ1) is 13.3. The molecule has 3 rings (SSSR count). The molecule has 2 heterocycles. The number of hydrogen-bond acceptors (Lipinski definition) is 4. The summed E-state index contributed by atoms with van der Waals surface area (Å²) < 4.78 is 18.9. The van der Waals surface area contributed by atoms with E-state index in [-0.39, 0.29) is 17.3 Å². The van der Waals surface area contributed by atoms with Crippen molar-refractivity contribution in [2.75, 3.05) is 0 Å². The number of H-pyrrole nitrogens is 1. The molecule has 0 atom stereocenters. The zero-order valence-electron chi connectivity index (χ0n) is 10.6. The molecule has 0 bridgehead atoms. The van der Waals surface area contributed by atoms with Crippen LogP contribution in [0.1, 0.15) is 17.1 Å². The monoisotopic (exact) mass is 302 g/mol. The maximum atomic E-state index is 13.8. The summed E-state index contributed by atoms with van der Waals surface area (Å²) in [6, 6.07) is 8.31. The SMILES string of the molecule is N#Cc1cc(-c2nc(Cc3cccc(Cl)c3F)no2)c[nH]1. The zero-order valence-corrected chi connectivity index (χ0v) is 11.4. The van der Waals surface area contributed by atoms with Gasteiger partial charge in [0.15, 0.2) is 5.82 Å². The minimum atomic E-state index is -0.487. The number of rotatable bonds is 3. The van der Waals surface area contributed by atoms with Gasteiger partial charge in [-0.1, -0.05) is 28.9 Å². The van der Waals surface area contributed by atoms with Crippen molar-refractivity contribution in [1.29, 1.82) is 5.26 Å². The third-order valence-electron chi connectivity index (χ3n) is 2.90. The molecule has 0 unspecified atom stereocenters. The van der Waals surface area contributed by atoms with Crippen molar-refractivity contribution >= 4 is 11.6 Å². The lowest BCUT2D eigenvalue weighted by molar-refractivity contribution is 0.423.